The number of allylic oxidation sites excluding steroid dienone is 1. The van der Waals surface area contributed by atoms with E-state index in [4.69, 9.17) is 9.47 Å². The molecule has 0 saturated carbocycles. The number of esters is 2. The van der Waals surface area contributed by atoms with Crippen molar-refractivity contribution in [2.45, 2.75) is 19.8 Å². The van der Waals surface area contributed by atoms with Gasteiger partial charge in [-0.05, 0) is 23.1 Å². The largest absolute Gasteiger partial charge is 0.468 e. The molecular formula is C23H26O4. The summed E-state index contributed by atoms with van der Waals surface area (Å²) in [5, 5.41) is 0. The highest BCUT2D eigenvalue weighted by molar-refractivity contribution is 5.96. The maximum atomic E-state index is 12.3. The van der Waals surface area contributed by atoms with Crippen LogP contribution in [0, 0.1) is 11.8 Å². The number of methoxy groups -OCH3 is 2. The van der Waals surface area contributed by atoms with Crippen LogP contribution in [0.1, 0.15) is 30.9 Å². The van der Waals surface area contributed by atoms with Crippen LogP contribution in [0.5, 0.6) is 0 Å². The van der Waals surface area contributed by atoms with Crippen LogP contribution in [-0.2, 0) is 19.1 Å². The zero-order valence-electron chi connectivity index (χ0n) is 16.1. The van der Waals surface area contributed by atoms with Crippen molar-refractivity contribution >= 4 is 17.5 Å². The monoisotopic (exact) mass is 366 g/mol. The van der Waals surface area contributed by atoms with E-state index < -0.39 is 17.9 Å². The molecule has 0 aromatic heterocycles. The van der Waals surface area contributed by atoms with Crippen molar-refractivity contribution in [3.05, 3.63) is 77.9 Å². The lowest BCUT2D eigenvalue weighted by atomic mass is 9.84. The van der Waals surface area contributed by atoms with E-state index >= 15 is 0 Å². The molecule has 0 heterocycles. The molecule has 0 amide bonds. The summed E-state index contributed by atoms with van der Waals surface area (Å²) in [5.74, 6) is -2.46. The predicted octanol–water partition coefficient (Wildman–Crippen LogP) is 4.50. The Labute approximate surface area is 160 Å². The number of hydrogen-bond donors (Lipinski definition) is 0. The summed E-state index contributed by atoms with van der Waals surface area (Å²) in [6.45, 7) is 2.02. The van der Waals surface area contributed by atoms with Crippen LogP contribution in [0.4, 0.5) is 0 Å². The lowest BCUT2D eigenvalue weighted by Crippen LogP contribution is -2.32. The van der Waals surface area contributed by atoms with Crippen LogP contribution in [0.15, 0.2) is 66.7 Å². The van der Waals surface area contributed by atoms with Gasteiger partial charge in [-0.15, -0.1) is 0 Å². The first-order valence-corrected chi connectivity index (χ1v) is 9.10. The highest BCUT2D eigenvalue weighted by Crippen LogP contribution is 2.30. The maximum absolute atomic E-state index is 12.3. The quantitative estimate of drug-likeness (QED) is 0.510. The smallest absolute Gasteiger partial charge is 0.320 e. The van der Waals surface area contributed by atoms with E-state index in [0.717, 1.165) is 23.1 Å². The van der Waals surface area contributed by atoms with E-state index in [1.54, 1.807) is 0 Å². The van der Waals surface area contributed by atoms with Gasteiger partial charge in [0, 0.05) is 5.92 Å². The number of carbonyl (C=O) groups excluding carboxylic acids is 2. The standard InChI is InChI=1S/C23H26O4/c1-4-11-19(21(22(24)26-2)23(25)27-3)16-20(17-12-7-5-8-13-17)18-14-9-6-10-15-18/h5-10,12-16,19,21H,4,11H2,1-3H3/t19-/m0/s1. The van der Waals surface area contributed by atoms with Crippen molar-refractivity contribution in [1.82, 2.24) is 0 Å². The fourth-order valence-electron chi connectivity index (χ4n) is 3.19. The highest BCUT2D eigenvalue weighted by Gasteiger charge is 2.35. The molecule has 0 radical (unpaired) electrons. The molecule has 0 bridgehead atoms. The Morgan fingerprint density at radius 2 is 1.30 bits per heavy atom. The van der Waals surface area contributed by atoms with E-state index in [1.165, 1.54) is 14.2 Å². The maximum Gasteiger partial charge on any atom is 0.320 e. The average molecular weight is 366 g/mol. The van der Waals surface area contributed by atoms with E-state index in [1.807, 2.05) is 73.7 Å². The van der Waals surface area contributed by atoms with E-state index in [0.29, 0.717) is 6.42 Å². The topological polar surface area (TPSA) is 52.6 Å². The highest BCUT2D eigenvalue weighted by atomic mass is 16.5. The molecule has 2 aromatic carbocycles. The molecule has 0 aliphatic heterocycles. The van der Waals surface area contributed by atoms with Crippen LogP contribution in [0.25, 0.3) is 5.57 Å². The van der Waals surface area contributed by atoms with Crippen LogP contribution in [0.2, 0.25) is 0 Å². The lowest BCUT2D eigenvalue weighted by molar-refractivity contribution is -0.160. The SMILES string of the molecule is CCC[C@@H](C=C(c1ccccc1)c1ccccc1)C(C(=O)OC)C(=O)OC. The van der Waals surface area contributed by atoms with Gasteiger partial charge in [-0.3, -0.25) is 9.59 Å². The normalized spacial score (nSPS) is 11.6. The number of carbonyl (C=O) groups is 2. The lowest BCUT2D eigenvalue weighted by Gasteiger charge is -2.22. The third-order valence-corrected chi connectivity index (χ3v) is 4.51. The van der Waals surface area contributed by atoms with Gasteiger partial charge >= 0.3 is 11.9 Å². The van der Waals surface area contributed by atoms with Crippen molar-refractivity contribution in [3.8, 4) is 0 Å². The van der Waals surface area contributed by atoms with Crippen LogP contribution in [0.3, 0.4) is 0 Å². The number of hydrogen-bond acceptors (Lipinski definition) is 4. The predicted molar refractivity (Wildman–Crippen MR) is 106 cm³/mol. The molecule has 4 heteroatoms. The molecule has 2 rings (SSSR count). The molecule has 0 N–H and O–H groups in total. The summed E-state index contributed by atoms with van der Waals surface area (Å²) in [6, 6.07) is 19.9. The first-order valence-electron chi connectivity index (χ1n) is 9.10. The van der Waals surface area contributed by atoms with Crippen molar-refractivity contribution in [2.24, 2.45) is 11.8 Å². The molecule has 0 unspecified atom stereocenters. The van der Waals surface area contributed by atoms with Gasteiger partial charge in [-0.1, -0.05) is 80.1 Å². The molecule has 0 fully saturated rings. The number of ether oxygens (including phenoxy) is 2. The van der Waals surface area contributed by atoms with Gasteiger partial charge in [0.2, 0.25) is 0 Å². The molecular weight excluding hydrogens is 340 g/mol. The van der Waals surface area contributed by atoms with E-state index in [-0.39, 0.29) is 5.92 Å². The Bertz CT molecular complexity index is 708. The molecule has 142 valence electrons. The average Bonchev–Trinajstić information content (AvgIpc) is 2.72. The summed E-state index contributed by atoms with van der Waals surface area (Å²) in [5.41, 5.74) is 3.03. The second-order valence-electron chi connectivity index (χ2n) is 6.29. The number of benzene rings is 2. The van der Waals surface area contributed by atoms with Crippen molar-refractivity contribution in [1.29, 1.82) is 0 Å². The molecule has 0 saturated heterocycles. The minimum Gasteiger partial charge on any atom is -0.468 e. The first kappa shape index (κ1) is 20.4. The zero-order valence-corrected chi connectivity index (χ0v) is 16.1. The van der Waals surface area contributed by atoms with Crippen molar-refractivity contribution in [2.75, 3.05) is 14.2 Å². The molecule has 0 aliphatic carbocycles. The molecule has 0 spiro atoms. The van der Waals surface area contributed by atoms with Gasteiger partial charge in [-0.25, -0.2) is 0 Å². The Morgan fingerprint density at radius 1 is 0.852 bits per heavy atom. The van der Waals surface area contributed by atoms with Crippen molar-refractivity contribution < 1.29 is 19.1 Å². The third kappa shape index (κ3) is 5.30. The van der Waals surface area contributed by atoms with Gasteiger partial charge in [0.15, 0.2) is 5.92 Å². The fraction of sp³-hybridized carbons (Fsp3) is 0.304. The van der Waals surface area contributed by atoms with Gasteiger partial charge in [-0.2, -0.15) is 0 Å². The van der Waals surface area contributed by atoms with Crippen LogP contribution in [-0.4, -0.2) is 26.2 Å². The fourth-order valence-corrected chi connectivity index (χ4v) is 3.19. The molecule has 27 heavy (non-hydrogen) atoms. The summed E-state index contributed by atoms with van der Waals surface area (Å²) in [6.07, 6.45) is 3.49. The molecule has 4 nitrogen and oxygen atoms in total. The van der Waals surface area contributed by atoms with Gasteiger partial charge < -0.3 is 9.47 Å². The van der Waals surface area contributed by atoms with Gasteiger partial charge in [0.05, 0.1) is 14.2 Å². The molecule has 1 atom stereocenters. The van der Waals surface area contributed by atoms with Crippen LogP contribution >= 0.6 is 0 Å². The zero-order chi connectivity index (χ0) is 19.6. The summed E-state index contributed by atoms with van der Waals surface area (Å²) in [7, 11) is 2.58. The summed E-state index contributed by atoms with van der Waals surface area (Å²) < 4.78 is 9.77. The second kappa shape index (κ2) is 10.3. The Hall–Kier alpha value is -2.88. The minimum atomic E-state index is -0.984. The second-order valence-corrected chi connectivity index (χ2v) is 6.29. The first-order chi connectivity index (χ1) is 13.1. The molecule has 2 aromatic rings. The van der Waals surface area contributed by atoms with E-state index in [2.05, 4.69) is 0 Å². The Morgan fingerprint density at radius 3 is 1.67 bits per heavy atom. The summed E-state index contributed by atoms with van der Waals surface area (Å²) >= 11 is 0. The Balaban J connectivity index is 2.58. The molecule has 0 aliphatic rings. The van der Waals surface area contributed by atoms with E-state index in [9.17, 15) is 9.59 Å². The minimum absolute atomic E-state index is 0.328. The van der Waals surface area contributed by atoms with Crippen LogP contribution < -0.4 is 0 Å². The van der Waals surface area contributed by atoms with Gasteiger partial charge in [0.1, 0.15) is 0 Å². The Kier molecular flexibility index (Phi) is 7.80. The van der Waals surface area contributed by atoms with Gasteiger partial charge in [0.25, 0.3) is 0 Å². The number of rotatable bonds is 8. The third-order valence-electron chi connectivity index (χ3n) is 4.51. The summed E-state index contributed by atoms with van der Waals surface area (Å²) in [4.78, 5) is 24.7. The van der Waals surface area contributed by atoms with Crippen molar-refractivity contribution in [3.63, 3.8) is 0 Å².